The van der Waals surface area contributed by atoms with Crippen molar-refractivity contribution in [3.05, 3.63) is 46.3 Å². The highest BCUT2D eigenvalue weighted by Gasteiger charge is 2.26. The molecule has 5 heteroatoms. The maximum Gasteiger partial charge on any atom is 0.256 e. The van der Waals surface area contributed by atoms with Gasteiger partial charge in [-0.2, -0.15) is 0 Å². The molecule has 0 bridgehead atoms. The molecule has 1 aliphatic rings. The normalized spacial score (nSPS) is 17.2. The average Bonchev–Trinajstić information content (AvgIpc) is 2.83. The van der Waals surface area contributed by atoms with E-state index in [1.165, 1.54) is 4.88 Å². The van der Waals surface area contributed by atoms with Gasteiger partial charge in [0, 0.05) is 4.88 Å². The lowest BCUT2D eigenvalue weighted by Crippen LogP contribution is -2.37. The smallest absolute Gasteiger partial charge is 0.256 e. The summed E-state index contributed by atoms with van der Waals surface area (Å²) in [5, 5.41) is 16.5. The molecule has 2 aromatic rings. The van der Waals surface area contributed by atoms with Crippen LogP contribution in [-0.4, -0.2) is 11.0 Å². The van der Waals surface area contributed by atoms with Crippen molar-refractivity contribution in [3.63, 3.8) is 0 Å². The molecule has 1 aromatic carbocycles. The molecule has 1 atom stereocenters. The Labute approximate surface area is 121 Å². The van der Waals surface area contributed by atoms with E-state index in [9.17, 15) is 9.90 Å². The summed E-state index contributed by atoms with van der Waals surface area (Å²) in [4.78, 5) is 13.4. The number of hydrogen-bond donors (Lipinski definition) is 3. The van der Waals surface area contributed by atoms with Gasteiger partial charge in [-0.15, -0.1) is 11.3 Å². The summed E-state index contributed by atoms with van der Waals surface area (Å²) in [6, 6.07) is 8.82. The highest BCUT2D eigenvalue weighted by molar-refractivity contribution is 7.16. The van der Waals surface area contributed by atoms with Crippen LogP contribution in [0.5, 0.6) is 5.75 Å². The molecule has 0 aliphatic carbocycles. The fourth-order valence-corrected chi connectivity index (χ4v) is 3.48. The maximum atomic E-state index is 12.2. The molecule has 104 valence electrons. The van der Waals surface area contributed by atoms with Crippen LogP contribution >= 0.6 is 11.3 Å². The number of amides is 1. The summed E-state index contributed by atoms with van der Waals surface area (Å²) < 4.78 is 0. The summed E-state index contributed by atoms with van der Waals surface area (Å²) in [6.07, 6.45) is 1.82. The van der Waals surface area contributed by atoms with Gasteiger partial charge < -0.3 is 15.7 Å². The van der Waals surface area contributed by atoms with Crippen molar-refractivity contribution in [2.45, 2.75) is 25.9 Å². The second-order valence-electron chi connectivity index (χ2n) is 4.85. The fourth-order valence-electron chi connectivity index (χ4n) is 2.30. The van der Waals surface area contributed by atoms with E-state index in [2.05, 4.69) is 17.6 Å². The van der Waals surface area contributed by atoms with Gasteiger partial charge in [0.1, 0.15) is 16.9 Å². The minimum Gasteiger partial charge on any atom is -0.508 e. The number of hydrogen-bond acceptors (Lipinski definition) is 4. The van der Waals surface area contributed by atoms with E-state index in [1.54, 1.807) is 35.6 Å². The van der Waals surface area contributed by atoms with Crippen molar-refractivity contribution in [2.75, 3.05) is 5.32 Å². The van der Waals surface area contributed by atoms with Gasteiger partial charge in [-0.3, -0.25) is 4.79 Å². The molecular weight excluding hydrogens is 272 g/mol. The predicted octanol–water partition coefficient (Wildman–Crippen LogP) is 3.26. The molecule has 3 N–H and O–H groups in total. The topological polar surface area (TPSA) is 61.4 Å². The van der Waals surface area contributed by atoms with Gasteiger partial charge in [0.2, 0.25) is 0 Å². The molecule has 1 unspecified atom stereocenters. The van der Waals surface area contributed by atoms with E-state index in [4.69, 9.17) is 0 Å². The fraction of sp³-hybridized carbons (Fsp3) is 0.267. The first-order chi connectivity index (χ1) is 9.67. The van der Waals surface area contributed by atoms with E-state index in [0.29, 0.717) is 0 Å². The number of aryl methyl sites for hydroxylation is 1. The van der Waals surface area contributed by atoms with Gasteiger partial charge in [0.15, 0.2) is 0 Å². The number of thiophene rings is 1. The van der Waals surface area contributed by atoms with Crippen LogP contribution in [0.2, 0.25) is 0 Å². The van der Waals surface area contributed by atoms with E-state index in [-0.39, 0.29) is 17.8 Å². The van der Waals surface area contributed by atoms with Crippen LogP contribution in [0.4, 0.5) is 5.00 Å². The Balaban J connectivity index is 1.88. The molecular formula is C15H16N2O2S. The van der Waals surface area contributed by atoms with E-state index < -0.39 is 0 Å². The number of carbonyl (C=O) groups excluding carboxylic acids is 1. The van der Waals surface area contributed by atoms with Gasteiger partial charge in [0.25, 0.3) is 5.91 Å². The van der Waals surface area contributed by atoms with Crippen molar-refractivity contribution in [1.82, 2.24) is 5.32 Å². The van der Waals surface area contributed by atoms with Gasteiger partial charge >= 0.3 is 0 Å². The van der Waals surface area contributed by atoms with Crippen molar-refractivity contribution in [3.8, 4) is 5.75 Å². The Morgan fingerprint density at radius 2 is 2.00 bits per heavy atom. The van der Waals surface area contributed by atoms with Gasteiger partial charge in [-0.05, 0) is 30.2 Å². The highest BCUT2D eigenvalue weighted by atomic mass is 32.1. The summed E-state index contributed by atoms with van der Waals surface area (Å²) >= 11 is 1.64. The Hall–Kier alpha value is -2.01. The second kappa shape index (κ2) is 5.17. The lowest BCUT2D eigenvalue weighted by molar-refractivity contribution is 0.0936. The summed E-state index contributed by atoms with van der Waals surface area (Å²) in [7, 11) is 0. The zero-order chi connectivity index (χ0) is 14.1. The molecule has 2 heterocycles. The Morgan fingerprint density at radius 1 is 1.25 bits per heavy atom. The van der Waals surface area contributed by atoms with Crippen LogP contribution in [0.3, 0.4) is 0 Å². The third-order valence-corrected chi connectivity index (χ3v) is 4.43. The maximum absolute atomic E-state index is 12.2. The average molecular weight is 288 g/mol. The Kier molecular flexibility index (Phi) is 3.36. The van der Waals surface area contributed by atoms with Crippen LogP contribution in [-0.2, 0) is 6.42 Å². The SMILES string of the molecule is CCCc1cc2c(s1)NC(c1ccc(O)cc1)NC2=O. The van der Waals surface area contributed by atoms with E-state index >= 15 is 0 Å². The predicted molar refractivity (Wildman–Crippen MR) is 80.3 cm³/mol. The van der Waals surface area contributed by atoms with Crippen LogP contribution < -0.4 is 10.6 Å². The molecule has 1 amide bonds. The zero-order valence-corrected chi connectivity index (χ0v) is 12.0. The summed E-state index contributed by atoms with van der Waals surface area (Å²) in [6.45, 7) is 2.13. The Morgan fingerprint density at radius 3 is 2.70 bits per heavy atom. The molecule has 1 aromatic heterocycles. The minimum atomic E-state index is -0.247. The molecule has 4 nitrogen and oxygen atoms in total. The number of anilines is 1. The number of carbonyl (C=O) groups is 1. The molecule has 20 heavy (non-hydrogen) atoms. The van der Waals surface area contributed by atoms with Gasteiger partial charge in [-0.1, -0.05) is 25.5 Å². The first-order valence-electron chi connectivity index (χ1n) is 6.66. The highest BCUT2D eigenvalue weighted by Crippen LogP contribution is 2.35. The van der Waals surface area contributed by atoms with Crippen LogP contribution in [0.1, 0.15) is 40.3 Å². The number of fused-ring (bicyclic) bond motifs is 1. The number of benzene rings is 1. The zero-order valence-electron chi connectivity index (χ0n) is 11.1. The van der Waals surface area contributed by atoms with Crippen molar-refractivity contribution in [1.29, 1.82) is 0 Å². The van der Waals surface area contributed by atoms with Gasteiger partial charge in [0.05, 0.1) is 5.56 Å². The quantitative estimate of drug-likeness (QED) is 0.812. The number of aromatic hydroxyl groups is 1. The van der Waals surface area contributed by atoms with Crippen LogP contribution in [0.15, 0.2) is 30.3 Å². The first-order valence-corrected chi connectivity index (χ1v) is 7.48. The standard InChI is InChI=1S/C15H16N2O2S/c1-2-3-11-8-12-14(19)16-13(17-15(12)20-11)9-4-6-10(18)7-5-9/h4-8,13,17-18H,2-3H2,1H3,(H,16,19). The van der Waals surface area contributed by atoms with E-state index in [1.807, 2.05) is 6.07 Å². The van der Waals surface area contributed by atoms with Crippen molar-refractivity contribution < 1.29 is 9.90 Å². The van der Waals surface area contributed by atoms with Gasteiger partial charge in [-0.25, -0.2) is 0 Å². The monoisotopic (exact) mass is 288 g/mol. The third kappa shape index (κ3) is 2.36. The lowest BCUT2D eigenvalue weighted by atomic mass is 10.1. The largest absolute Gasteiger partial charge is 0.508 e. The second-order valence-corrected chi connectivity index (χ2v) is 5.98. The number of nitrogens with one attached hydrogen (secondary N) is 2. The number of phenolic OH excluding ortho intramolecular Hbond substituents is 1. The Bertz CT molecular complexity index is 634. The minimum absolute atomic E-state index is 0.0459. The molecule has 0 saturated heterocycles. The van der Waals surface area contributed by atoms with Crippen molar-refractivity contribution in [2.24, 2.45) is 0 Å². The first kappa shape index (κ1) is 13.0. The molecule has 0 spiro atoms. The number of phenols is 1. The lowest BCUT2D eigenvalue weighted by Gasteiger charge is -2.25. The van der Waals surface area contributed by atoms with Crippen LogP contribution in [0, 0.1) is 0 Å². The molecule has 3 rings (SSSR count). The van der Waals surface area contributed by atoms with Crippen LogP contribution in [0.25, 0.3) is 0 Å². The molecule has 0 saturated carbocycles. The summed E-state index contributed by atoms with van der Waals surface area (Å²) in [5.74, 6) is 0.174. The molecule has 0 fully saturated rings. The molecule has 1 aliphatic heterocycles. The summed E-state index contributed by atoms with van der Waals surface area (Å²) in [5.41, 5.74) is 1.65. The number of rotatable bonds is 3. The van der Waals surface area contributed by atoms with E-state index in [0.717, 1.165) is 29.0 Å². The third-order valence-electron chi connectivity index (χ3n) is 3.30. The van der Waals surface area contributed by atoms with Crippen molar-refractivity contribution >= 4 is 22.2 Å². The molecule has 0 radical (unpaired) electrons.